The summed E-state index contributed by atoms with van der Waals surface area (Å²) in [5.74, 6) is -3.16. The van der Waals surface area contributed by atoms with Gasteiger partial charge in [0.15, 0.2) is 5.60 Å². The monoisotopic (exact) mass is 371 g/mol. The van der Waals surface area contributed by atoms with Gasteiger partial charge in [-0.3, -0.25) is 4.98 Å². The van der Waals surface area contributed by atoms with Crippen molar-refractivity contribution < 1.29 is 27.1 Å². The highest BCUT2D eigenvalue weighted by molar-refractivity contribution is 5.31. The van der Waals surface area contributed by atoms with Gasteiger partial charge >= 0.3 is 0 Å². The van der Waals surface area contributed by atoms with Gasteiger partial charge < -0.3 is 5.11 Å². The largest absolute Gasteiger partial charge is 0.377 e. The van der Waals surface area contributed by atoms with Crippen molar-refractivity contribution in [3.63, 3.8) is 0 Å². The van der Waals surface area contributed by atoms with Crippen molar-refractivity contribution in [3.05, 3.63) is 71.6 Å². The summed E-state index contributed by atoms with van der Waals surface area (Å²) in [5, 5.41) is 20.9. The van der Waals surface area contributed by atoms with Gasteiger partial charge in [0.2, 0.25) is 0 Å². The molecule has 0 amide bonds. The van der Waals surface area contributed by atoms with Gasteiger partial charge in [-0.15, -0.1) is 5.10 Å². The van der Waals surface area contributed by atoms with Crippen LogP contribution in [0.1, 0.15) is 17.3 Å². The average molecular weight is 371 g/mol. The van der Waals surface area contributed by atoms with Crippen molar-refractivity contribution in [1.82, 2.24) is 25.2 Å². The minimum Gasteiger partial charge on any atom is -0.377 e. The lowest BCUT2D eigenvalue weighted by molar-refractivity contribution is -0.131. The number of pyridine rings is 1. The van der Waals surface area contributed by atoms with Crippen molar-refractivity contribution >= 4 is 0 Å². The van der Waals surface area contributed by atoms with Crippen LogP contribution >= 0.6 is 0 Å². The zero-order valence-electron chi connectivity index (χ0n) is 12.8. The average Bonchev–Trinajstić information content (AvgIpc) is 3.10. The Morgan fingerprint density at radius 1 is 1.04 bits per heavy atom. The summed E-state index contributed by atoms with van der Waals surface area (Å²) in [4.78, 5) is 3.67. The molecule has 0 saturated heterocycles. The number of rotatable bonds is 5. The van der Waals surface area contributed by atoms with Crippen LogP contribution in [0.15, 0.2) is 42.9 Å². The molecule has 1 N–H and O–H groups in total. The van der Waals surface area contributed by atoms with E-state index >= 15 is 0 Å². The molecule has 0 fully saturated rings. The van der Waals surface area contributed by atoms with Crippen LogP contribution < -0.4 is 0 Å². The fourth-order valence-corrected chi connectivity index (χ4v) is 2.60. The molecular weight excluding hydrogens is 361 g/mol. The second kappa shape index (κ2) is 6.75. The Labute approximate surface area is 142 Å². The third kappa shape index (κ3) is 3.01. The number of hydrogen-bond donors (Lipinski definition) is 1. The van der Waals surface area contributed by atoms with Crippen LogP contribution in [0, 0.1) is 17.5 Å². The molecule has 136 valence electrons. The smallest absolute Gasteiger partial charge is 0.273 e. The van der Waals surface area contributed by atoms with E-state index in [4.69, 9.17) is 0 Å². The zero-order chi connectivity index (χ0) is 18.9. The molecular formula is C15H10F5N5O. The van der Waals surface area contributed by atoms with Gasteiger partial charge in [-0.05, 0) is 34.7 Å². The van der Waals surface area contributed by atoms with Gasteiger partial charge in [-0.1, -0.05) is 0 Å². The molecule has 0 saturated carbocycles. The third-order valence-corrected chi connectivity index (χ3v) is 3.77. The Morgan fingerprint density at radius 2 is 1.77 bits per heavy atom. The maximum atomic E-state index is 14.2. The maximum absolute atomic E-state index is 14.2. The molecule has 11 heteroatoms. The van der Waals surface area contributed by atoms with Gasteiger partial charge in [0.1, 0.15) is 29.8 Å². The molecule has 0 radical (unpaired) electrons. The molecule has 2 unspecified atom stereocenters. The summed E-state index contributed by atoms with van der Waals surface area (Å²) in [6, 6.07) is 1.90. The van der Waals surface area contributed by atoms with Crippen LogP contribution in [0.4, 0.5) is 22.0 Å². The highest BCUT2D eigenvalue weighted by Gasteiger charge is 2.51. The Balaban J connectivity index is 2.25. The van der Waals surface area contributed by atoms with E-state index in [1.54, 1.807) is 0 Å². The molecule has 6 nitrogen and oxygen atoms in total. The summed E-state index contributed by atoms with van der Waals surface area (Å²) in [5.41, 5.74) is -4.37. The Morgan fingerprint density at radius 3 is 2.31 bits per heavy atom. The van der Waals surface area contributed by atoms with E-state index in [0.29, 0.717) is 12.1 Å². The molecule has 2 aromatic heterocycles. The highest BCUT2D eigenvalue weighted by Crippen LogP contribution is 2.42. The third-order valence-electron chi connectivity index (χ3n) is 3.77. The van der Waals surface area contributed by atoms with E-state index in [-0.39, 0.29) is 5.69 Å². The number of nitrogens with zero attached hydrogens (tertiary/aromatic N) is 5. The molecule has 0 aliphatic carbocycles. The number of alkyl halides is 2. The normalized spacial score (nSPS) is 15.0. The first kappa shape index (κ1) is 17.9. The Hall–Kier alpha value is -2.95. The molecule has 0 bridgehead atoms. The zero-order valence-corrected chi connectivity index (χ0v) is 12.8. The first-order valence-corrected chi connectivity index (χ1v) is 7.14. The van der Waals surface area contributed by atoms with Gasteiger partial charge in [0.25, 0.3) is 6.43 Å². The summed E-state index contributed by atoms with van der Waals surface area (Å²) in [6.45, 7) is 0. The van der Waals surface area contributed by atoms with E-state index in [1.807, 2.05) is 0 Å². The van der Waals surface area contributed by atoms with Crippen molar-refractivity contribution in [2.45, 2.75) is 18.1 Å². The van der Waals surface area contributed by atoms with Crippen LogP contribution in [0.5, 0.6) is 0 Å². The number of benzene rings is 1. The van der Waals surface area contributed by atoms with Gasteiger partial charge in [0, 0.05) is 11.6 Å². The molecule has 0 spiro atoms. The molecule has 2 atom stereocenters. The van der Waals surface area contributed by atoms with E-state index < -0.39 is 41.1 Å². The molecule has 26 heavy (non-hydrogen) atoms. The predicted molar refractivity (Wildman–Crippen MR) is 76.4 cm³/mol. The first-order valence-electron chi connectivity index (χ1n) is 7.14. The topological polar surface area (TPSA) is 76.7 Å². The Bertz CT molecular complexity index is 890. The minimum atomic E-state index is -3.55. The number of aromatic nitrogens is 5. The second-order valence-electron chi connectivity index (χ2n) is 5.34. The van der Waals surface area contributed by atoms with Crippen molar-refractivity contribution in [3.8, 4) is 0 Å². The van der Waals surface area contributed by atoms with Crippen LogP contribution in [-0.4, -0.2) is 36.7 Å². The summed E-state index contributed by atoms with van der Waals surface area (Å²) in [7, 11) is 0. The minimum absolute atomic E-state index is 0.259. The Kier molecular flexibility index (Phi) is 4.64. The molecule has 3 aromatic rings. The van der Waals surface area contributed by atoms with Gasteiger partial charge in [0.05, 0.1) is 11.9 Å². The summed E-state index contributed by atoms with van der Waals surface area (Å²) < 4.78 is 69.2. The number of halogens is 5. The van der Waals surface area contributed by atoms with Crippen LogP contribution in [0.25, 0.3) is 0 Å². The molecule has 1 aromatic carbocycles. The summed E-state index contributed by atoms with van der Waals surface area (Å²) in [6.07, 6.45) is -1.91. The molecule has 2 heterocycles. The van der Waals surface area contributed by atoms with E-state index in [2.05, 4.69) is 20.5 Å². The fourth-order valence-electron chi connectivity index (χ4n) is 2.60. The number of hydrogen-bond acceptors (Lipinski definition) is 5. The number of tetrazole rings is 1. The lowest BCUT2D eigenvalue weighted by Gasteiger charge is -2.35. The quantitative estimate of drug-likeness (QED) is 0.696. The van der Waals surface area contributed by atoms with Gasteiger partial charge in [-0.2, -0.15) is 0 Å². The van der Waals surface area contributed by atoms with Crippen molar-refractivity contribution in [2.75, 3.05) is 0 Å². The van der Waals surface area contributed by atoms with E-state index in [9.17, 15) is 27.1 Å². The number of aliphatic hydroxyl groups is 1. The van der Waals surface area contributed by atoms with Crippen molar-refractivity contribution in [1.29, 1.82) is 0 Å². The standard InChI is InChI=1S/C15H10F5N5O/c16-8-1-3-10(11(18)5-8)15(26,14(19)20)13(25-7-22-23-24-25)12-4-2-9(17)6-21-12/h1-7,13-14,26H. The van der Waals surface area contributed by atoms with Crippen LogP contribution in [0.2, 0.25) is 0 Å². The summed E-state index contributed by atoms with van der Waals surface area (Å²) >= 11 is 0. The van der Waals surface area contributed by atoms with Crippen LogP contribution in [-0.2, 0) is 5.60 Å². The highest BCUT2D eigenvalue weighted by atomic mass is 19.3. The van der Waals surface area contributed by atoms with Crippen LogP contribution in [0.3, 0.4) is 0 Å². The second-order valence-corrected chi connectivity index (χ2v) is 5.34. The lowest BCUT2D eigenvalue weighted by Crippen LogP contribution is -2.45. The van der Waals surface area contributed by atoms with E-state index in [1.165, 1.54) is 0 Å². The maximum Gasteiger partial charge on any atom is 0.273 e. The molecule has 0 aliphatic heterocycles. The molecule has 3 rings (SSSR count). The lowest BCUT2D eigenvalue weighted by atomic mass is 9.84. The fraction of sp³-hybridized carbons (Fsp3) is 0.200. The van der Waals surface area contributed by atoms with Gasteiger partial charge in [-0.25, -0.2) is 26.6 Å². The van der Waals surface area contributed by atoms with E-state index in [0.717, 1.165) is 35.4 Å². The van der Waals surface area contributed by atoms with Crippen molar-refractivity contribution in [2.24, 2.45) is 0 Å². The first-order chi connectivity index (χ1) is 12.3. The SMILES string of the molecule is OC(c1ccc(F)cc1F)(C(F)F)C(c1ccc(F)cn1)n1cnnn1. The predicted octanol–water partition coefficient (Wildman–Crippen LogP) is 2.23. The molecule has 0 aliphatic rings.